The number of ether oxygens (including phenoxy) is 5. The van der Waals surface area contributed by atoms with Crippen molar-refractivity contribution >= 4 is 0 Å². The molecule has 1 fully saturated rings. The Morgan fingerprint density at radius 2 is 1.37 bits per heavy atom. The van der Waals surface area contributed by atoms with E-state index in [0.717, 1.165) is 6.61 Å². The van der Waals surface area contributed by atoms with Crippen LogP contribution >= 0.6 is 0 Å². The summed E-state index contributed by atoms with van der Waals surface area (Å²) in [6.45, 7) is 4.70. The minimum atomic E-state index is -0.410. The summed E-state index contributed by atoms with van der Waals surface area (Å²) < 4.78 is 27.1. The summed E-state index contributed by atoms with van der Waals surface area (Å²) in [5, 5.41) is 0. The third kappa shape index (κ3) is 2.87. The molecule has 0 N–H and O–H groups in total. The van der Waals surface area contributed by atoms with Gasteiger partial charge in [0.05, 0.1) is 27.9 Å². The lowest BCUT2D eigenvalue weighted by atomic mass is 10.1. The number of rotatable bonds is 6. The van der Waals surface area contributed by atoms with Crippen LogP contribution in [-0.2, 0) is 4.74 Å². The average molecular weight is 268 g/mol. The molecule has 0 amide bonds. The van der Waals surface area contributed by atoms with Gasteiger partial charge in [0.15, 0.2) is 23.0 Å². The normalized spacial score (nSPS) is 17.8. The van der Waals surface area contributed by atoms with E-state index in [2.05, 4.69) is 0 Å². The summed E-state index contributed by atoms with van der Waals surface area (Å²) in [7, 11) is 4.76. The van der Waals surface area contributed by atoms with Gasteiger partial charge in [-0.1, -0.05) is 0 Å². The third-order valence-corrected chi connectivity index (χ3v) is 3.15. The van der Waals surface area contributed by atoms with E-state index in [-0.39, 0.29) is 6.10 Å². The van der Waals surface area contributed by atoms with E-state index >= 15 is 0 Å². The zero-order valence-corrected chi connectivity index (χ0v) is 12.0. The molecule has 0 aliphatic carbocycles. The molecule has 1 aromatic rings. The predicted octanol–water partition coefficient (Wildman–Crippen LogP) is 2.27. The largest absolute Gasteiger partial charge is 0.493 e. The van der Waals surface area contributed by atoms with Gasteiger partial charge in [0, 0.05) is 12.1 Å². The van der Waals surface area contributed by atoms with E-state index in [9.17, 15) is 0 Å². The Bertz CT molecular complexity index is 451. The molecule has 1 aliphatic heterocycles. The Hall–Kier alpha value is -1.62. The van der Waals surface area contributed by atoms with Crippen LogP contribution in [0, 0.1) is 0 Å². The lowest BCUT2D eigenvalue weighted by molar-refractivity contribution is 0.0708. The fraction of sp³-hybridized carbons (Fsp3) is 0.571. The molecule has 1 atom stereocenters. The molecule has 0 radical (unpaired) electrons. The maximum Gasteiger partial charge on any atom is 0.166 e. The highest BCUT2D eigenvalue weighted by atomic mass is 16.6. The highest BCUT2D eigenvalue weighted by molar-refractivity contribution is 5.54. The number of hydrogen-bond donors (Lipinski definition) is 0. The molecule has 0 spiro atoms. The lowest BCUT2D eigenvalue weighted by Gasteiger charge is -2.26. The monoisotopic (exact) mass is 268 g/mol. The van der Waals surface area contributed by atoms with Gasteiger partial charge >= 0.3 is 0 Å². The summed E-state index contributed by atoms with van der Waals surface area (Å²) in [4.78, 5) is 0. The van der Waals surface area contributed by atoms with E-state index in [0.29, 0.717) is 23.0 Å². The van der Waals surface area contributed by atoms with Crippen molar-refractivity contribution in [1.29, 1.82) is 0 Å². The van der Waals surface area contributed by atoms with Crippen LogP contribution in [0.5, 0.6) is 23.0 Å². The second-order valence-electron chi connectivity index (χ2n) is 4.89. The van der Waals surface area contributed by atoms with Crippen LogP contribution < -0.4 is 18.9 Å². The Kier molecular flexibility index (Phi) is 3.75. The van der Waals surface area contributed by atoms with Crippen LogP contribution in [-0.4, -0.2) is 39.6 Å². The van der Waals surface area contributed by atoms with E-state index < -0.39 is 5.60 Å². The van der Waals surface area contributed by atoms with E-state index in [1.165, 1.54) is 0 Å². The number of benzene rings is 1. The Morgan fingerprint density at radius 1 is 0.947 bits per heavy atom. The molecule has 5 heteroatoms. The molecule has 1 heterocycles. The molecule has 1 saturated heterocycles. The van der Waals surface area contributed by atoms with Crippen molar-refractivity contribution in [1.82, 2.24) is 0 Å². The van der Waals surface area contributed by atoms with Crippen LogP contribution in [0.25, 0.3) is 0 Å². The minimum Gasteiger partial charge on any atom is -0.493 e. The average Bonchev–Trinajstić information content (AvgIpc) is 3.22. The molecule has 1 aliphatic rings. The van der Waals surface area contributed by atoms with Gasteiger partial charge < -0.3 is 23.7 Å². The molecule has 0 saturated carbocycles. The van der Waals surface area contributed by atoms with Gasteiger partial charge in [-0.05, 0) is 13.8 Å². The Morgan fingerprint density at radius 3 is 1.79 bits per heavy atom. The third-order valence-electron chi connectivity index (χ3n) is 3.15. The topological polar surface area (TPSA) is 49.5 Å². The van der Waals surface area contributed by atoms with Crippen LogP contribution in [0.4, 0.5) is 0 Å². The van der Waals surface area contributed by atoms with Crippen molar-refractivity contribution in [3.05, 3.63) is 12.1 Å². The van der Waals surface area contributed by atoms with E-state index in [1.807, 2.05) is 13.8 Å². The fourth-order valence-electron chi connectivity index (χ4n) is 1.88. The van der Waals surface area contributed by atoms with Gasteiger partial charge in [-0.3, -0.25) is 0 Å². The summed E-state index contributed by atoms with van der Waals surface area (Å²) in [5.41, 5.74) is -0.410. The molecule has 106 valence electrons. The van der Waals surface area contributed by atoms with E-state index in [4.69, 9.17) is 23.7 Å². The van der Waals surface area contributed by atoms with Crippen molar-refractivity contribution in [3.63, 3.8) is 0 Å². The number of methoxy groups -OCH3 is 3. The lowest BCUT2D eigenvalue weighted by Crippen LogP contribution is -2.34. The summed E-state index contributed by atoms with van der Waals surface area (Å²) >= 11 is 0. The SMILES string of the molecule is COc1cc(OC)c(OC(C)(C)[C@@H]2CO2)cc1OC. The summed E-state index contributed by atoms with van der Waals surface area (Å²) in [6.07, 6.45) is 0.116. The van der Waals surface area contributed by atoms with E-state index in [1.54, 1.807) is 33.5 Å². The smallest absolute Gasteiger partial charge is 0.166 e. The van der Waals surface area contributed by atoms with Crippen molar-refractivity contribution in [3.8, 4) is 23.0 Å². The molecule has 0 bridgehead atoms. The molecule has 2 rings (SSSR count). The first kappa shape index (κ1) is 13.8. The van der Waals surface area contributed by atoms with Gasteiger partial charge in [0.1, 0.15) is 11.7 Å². The maximum atomic E-state index is 6.00. The van der Waals surface area contributed by atoms with Crippen LogP contribution in [0.3, 0.4) is 0 Å². The van der Waals surface area contributed by atoms with Gasteiger partial charge in [-0.2, -0.15) is 0 Å². The van der Waals surface area contributed by atoms with Crippen molar-refractivity contribution in [2.24, 2.45) is 0 Å². The quantitative estimate of drug-likeness (QED) is 0.741. The zero-order chi connectivity index (χ0) is 14.0. The van der Waals surface area contributed by atoms with Gasteiger partial charge in [0.2, 0.25) is 0 Å². The highest BCUT2D eigenvalue weighted by Crippen LogP contribution is 2.42. The van der Waals surface area contributed by atoms with Gasteiger partial charge in [-0.15, -0.1) is 0 Å². The van der Waals surface area contributed by atoms with Crippen molar-refractivity contribution in [2.45, 2.75) is 25.6 Å². The second kappa shape index (κ2) is 5.17. The van der Waals surface area contributed by atoms with Crippen LogP contribution in [0.2, 0.25) is 0 Å². The first-order valence-electron chi connectivity index (χ1n) is 6.12. The standard InChI is InChI=1S/C14H20O5/c1-14(2,13-8-18-13)19-12-7-10(16-4)9(15-3)6-11(12)17-5/h6-7,13H,8H2,1-5H3/t13-/m0/s1. The van der Waals surface area contributed by atoms with Gasteiger partial charge in [-0.25, -0.2) is 0 Å². The summed E-state index contributed by atoms with van der Waals surface area (Å²) in [6, 6.07) is 3.51. The number of epoxide rings is 1. The van der Waals surface area contributed by atoms with Crippen LogP contribution in [0.1, 0.15) is 13.8 Å². The van der Waals surface area contributed by atoms with Crippen LogP contribution in [0.15, 0.2) is 12.1 Å². The first-order chi connectivity index (χ1) is 9.01. The predicted molar refractivity (Wildman–Crippen MR) is 70.5 cm³/mol. The molecule has 19 heavy (non-hydrogen) atoms. The highest BCUT2D eigenvalue weighted by Gasteiger charge is 2.42. The van der Waals surface area contributed by atoms with Crippen molar-refractivity contribution in [2.75, 3.05) is 27.9 Å². The second-order valence-corrected chi connectivity index (χ2v) is 4.89. The molecular formula is C14H20O5. The molecule has 0 unspecified atom stereocenters. The van der Waals surface area contributed by atoms with Crippen molar-refractivity contribution < 1.29 is 23.7 Å². The molecule has 1 aromatic carbocycles. The molecular weight excluding hydrogens is 248 g/mol. The number of hydrogen-bond acceptors (Lipinski definition) is 5. The minimum absolute atomic E-state index is 0.116. The van der Waals surface area contributed by atoms with Gasteiger partial charge in [0.25, 0.3) is 0 Å². The first-order valence-corrected chi connectivity index (χ1v) is 6.12. The summed E-state index contributed by atoms with van der Waals surface area (Å²) in [5.74, 6) is 2.42. The maximum absolute atomic E-state index is 6.00. The zero-order valence-electron chi connectivity index (χ0n) is 12.0. The molecule has 5 nitrogen and oxygen atoms in total. The Balaban J connectivity index is 2.32. The molecule has 0 aromatic heterocycles. The Labute approximate surface area is 113 Å². The fourth-order valence-corrected chi connectivity index (χ4v) is 1.88.